The number of nitrogens with one attached hydrogen (secondary N) is 1. The topological polar surface area (TPSA) is 42.0 Å². The van der Waals surface area contributed by atoms with Crippen LogP contribution in [0.2, 0.25) is 0 Å². The molecule has 0 saturated carbocycles. The van der Waals surface area contributed by atoms with Crippen LogP contribution in [0.3, 0.4) is 0 Å². The van der Waals surface area contributed by atoms with Gasteiger partial charge in [0.25, 0.3) is 5.91 Å². The van der Waals surface area contributed by atoms with Crippen molar-refractivity contribution >= 4 is 29.0 Å². The van der Waals surface area contributed by atoms with Crippen molar-refractivity contribution in [2.45, 2.75) is 43.4 Å². The molecule has 140 valence electrons. The molecule has 27 heavy (non-hydrogen) atoms. The molecule has 1 N–H and O–H groups in total. The summed E-state index contributed by atoms with van der Waals surface area (Å²) < 4.78 is 0. The second-order valence-corrected chi connectivity index (χ2v) is 8.68. The fraction of sp³-hybridized carbons (Fsp3) is 0.273. The summed E-state index contributed by atoms with van der Waals surface area (Å²) in [7, 11) is 0. The van der Waals surface area contributed by atoms with E-state index in [4.69, 9.17) is 0 Å². The molecule has 1 atom stereocenters. The molecule has 0 aliphatic heterocycles. The van der Waals surface area contributed by atoms with Gasteiger partial charge in [-0.15, -0.1) is 23.1 Å². The molecule has 1 heterocycles. The molecule has 0 spiro atoms. The highest BCUT2D eigenvalue weighted by molar-refractivity contribution is 7.98. The second kappa shape index (κ2) is 9.72. The van der Waals surface area contributed by atoms with Gasteiger partial charge in [0, 0.05) is 27.6 Å². The van der Waals surface area contributed by atoms with Crippen molar-refractivity contribution in [3.8, 4) is 0 Å². The van der Waals surface area contributed by atoms with E-state index in [9.17, 15) is 4.79 Å². The monoisotopic (exact) mass is 396 g/mol. The Balaban J connectivity index is 1.46. The number of rotatable bonds is 8. The first kappa shape index (κ1) is 19.6. The van der Waals surface area contributed by atoms with Crippen LogP contribution in [0.4, 0.5) is 0 Å². The van der Waals surface area contributed by atoms with Crippen molar-refractivity contribution in [1.29, 1.82) is 0 Å². The summed E-state index contributed by atoms with van der Waals surface area (Å²) >= 11 is 3.42. The van der Waals surface area contributed by atoms with Crippen molar-refractivity contribution in [2.24, 2.45) is 0 Å². The lowest BCUT2D eigenvalue weighted by atomic mass is 10.1. The summed E-state index contributed by atoms with van der Waals surface area (Å²) in [5.41, 5.74) is 3.11. The Bertz CT molecular complexity index is 860. The first-order valence-corrected chi connectivity index (χ1v) is 11.0. The predicted octanol–water partition coefficient (Wildman–Crippen LogP) is 5.49. The summed E-state index contributed by atoms with van der Waals surface area (Å²) in [6.45, 7) is 4.08. The van der Waals surface area contributed by atoms with Crippen LogP contribution >= 0.6 is 23.1 Å². The number of nitrogens with zero attached hydrogens (tertiary/aromatic N) is 1. The summed E-state index contributed by atoms with van der Waals surface area (Å²) in [6, 6.07) is 18.3. The summed E-state index contributed by atoms with van der Waals surface area (Å²) in [5.74, 6) is 0.842. The Labute approximate surface area is 169 Å². The van der Waals surface area contributed by atoms with E-state index in [0.29, 0.717) is 5.56 Å². The van der Waals surface area contributed by atoms with E-state index < -0.39 is 0 Å². The molecule has 0 aliphatic carbocycles. The average Bonchev–Trinajstić information content (AvgIpc) is 3.11. The number of amides is 1. The molecule has 1 unspecified atom stereocenters. The minimum atomic E-state index is -0.0118. The van der Waals surface area contributed by atoms with E-state index in [1.54, 1.807) is 23.1 Å². The molecule has 0 saturated heterocycles. The maximum Gasteiger partial charge on any atom is 0.251 e. The van der Waals surface area contributed by atoms with Gasteiger partial charge in [-0.1, -0.05) is 30.3 Å². The third-order valence-electron chi connectivity index (χ3n) is 4.26. The largest absolute Gasteiger partial charge is 0.350 e. The van der Waals surface area contributed by atoms with Crippen LogP contribution in [-0.4, -0.2) is 16.9 Å². The number of benzene rings is 2. The lowest BCUT2D eigenvalue weighted by molar-refractivity contribution is 0.0938. The van der Waals surface area contributed by atoms with E-state index in [-0.39, 0.29) is 11.9 Å². The van der Waals surface area contributed by atoms with Crippen LogP contribution in [0.5, 0.6) is 0 Å². The van der Waals surface area contributed by atoms with Gasteiger partial charge < -0.3 is 5.32 Å². The van der Waals surface area contributed by atoms with Crippen LogP contribution < -0.4 is 5.32 Å². The fourth-order valence-electron chi connectivity index (χ4n) is 2.74. The number of hydrogen-bond acceptors (Lipinski definition) is 4. The molecule has 5 heteroatoms. The van der Waals surface area contributed by atoms with E-state index in [0.717, 1.165) is 34.2 Å². The lowest BCUT2D eigenvalue weighted by Gasteiger charge is -2.14. The van der Waals surface area contributed by atoms with E-state index in [2.05, 4.69) is 34.7 Å². The highest BCUT2D eigenvalue weighted by Gasteiger charge is 2.10. The fourth-order valence-corrected chi connectivity index (χ4v) is 4.25. The van der Waals surface area contributed by atoms with Crippen LogP contribution in [0.1, 0.15) is 40.0 Å². The highest BCUT2D eigenvalue weighted by Crippen LogP contribution is 2.24. The molecule has 0 radical (unpaired) electrons. The molecule has 2 aromatic carbocycles. The van der Waals surface area contributed by atoms with Gasteiger partial charge in [0.2, 0.25) is 0 Å². The SMILES string of the molecule is Cc1nc(CSc2ccc(C(=O)NC(C)CCc3ccccc3)cc2)cs1. The van der Waals surface area contributed by atoms with E-state index in [1.807, 2.05) is 49.4 Å². The molecule has 0 fully saturated rings. The molecule has 0 bridgehead atoms. The lowest BCUT2D eigenvalue weighted by Crippen LogP contribution is -2.32. The van der Waals surface area contributed by atoms with Gasteiger partial charge in [-0.05, 0) is 56.5 Å². The second-order valence-electron chi connectivity index (χ2n) is 6.57. The zero-order valence-electron chi connectivity index (χ0n) is 15.6. The van der Waals surface area contributed by atoms with Gasteiger partial charge in [-0.25, -0.2) is 4.98 Å². The standard InChI is InChI=1S/C22H24N2OS2/c1-16(8-9-18-6-4-3-5-7-18)23-22(25)19-10-12-21(13-11-19)27-15-20-14-26-17(2)24-20/h3-7,10-14,16H,8-9,15H2,1-2H3,(H,23,25). The molecule has 3 aromatic rings. The van der Waals surface area contributed by atoms with Gasteiger partial charge in [-0.2, -0.15) is 0 Å². The predicted molar refractivity (Wildman–Crippen MR) is 115 cm³/mol. The maximum absolute atomic E-state index is 12.4. The van der Waals surface area contributed by atoms with Gasteiger partial charge >= 0.3 is 0 Å². The Morgan fingerprint density at radius 1 is 1.15 bits per heavy atom. The number of aryl methyl sites for hydroxylation is 2. The van der Waals surface area contributed by atoms with Crippen molar-refractivity contribution in [2.75, 3.05) is 0 Å². The average molecular weight is 397 g/mol. The minimum Gasteiger partial charge on any atom is -0.350 e. The normalized spacial score (nSPS) is 11.9. The van der Waals surface area contributed by atoms with Crippen molar-refractivity contribution < 1.29 is 4.79 Å². The zero-order valence-corrected chi connectivity index (χ0v) is 17.3. The highest BCUT2D eigenvalue weighted by atomic mass is 32.2. The molecule has 3 rings (SSSR count). The molecular formula is C22H24N2OS2. The Morgan fingerprint density at radius 3 is 2.56 bits per heavy atom. The van der Waals surface area contributed by atoms with Crippen molar-refractivity contribution in [3.05, 3.63) is 81.8 Å². The number of carbonyl (C=O) groups is 1. The Hall–Kier alpha value is -2.11. The van der Waals surface area contributed by atoms with E-state index >= 15 is 0 Å². The first-order valence-electron chi connectivity index (χ1n) is 9.09. The smallest absolute Gasteiger partial charge is 0.251 e. The minimum absolute atomic E-state index is 0.0118. The van der Waals surface area contributed by atoms with Gasteiger partial charge in [0.15, 0.2) is 0 Å². The third kappa shape index (κ3) is 6.22. The van der Waals surface area contributed by atoms with E-state index in [1.165, 1.54) is 5.56 Å². The van der Waals surface area contributed by atoms with Gasteiger partial charge in [-0.3, -0.25) is 4.79 Å². The first-order chi connectivity index (χ1) is 13.1. The van der Waals surface area contributed by atoms with Crippen LogP contribution in [-0.2, 0) is 12.2 Å². The number of aromatic nitrogens is 1. The van der Waals surface area contributed by atoms with Gasteiger partial charge in [0.05, 0.1) is 10.7 Å². The number of carbonyl (C=O) groups excluding carboxylic acids is 1. The van der Waals surface area contributed by atoms with Crippen LogP contribution in [0.15, 0.2) is 64.9 Å². The van der Waals surface area contributed by atoms with Crippen molar-refractivity contribution in [1.82, 2.24) is 10.3 Å². The summed E-state index contributed by atoms with van der Waals surface area (Å²) in [6.07, 6.45) is 1.89. The quantitative estimate of drug-likeness (QED) is 0.512. The van der Waals surface area contributed by atoms with Gasteiger partial charge in [0.1, 0.15) is 0 Å². The molecule has 1 aromatic heterocycles. The molecule has 3 nitrogen and oxygen atoms in total. The number of hydrogen-bond donors (Lipinski definition) is 1. The number of thiazole rings is 1. The summed E-state index contributed by atoms with van der Waals surface area (Å²) in [4.78, 5) is 18.1. The molecule has 0 aliphatic rings. The van der Waals surface area contributed by atoms with Crippen molar-refractivity contribution in [3.63, 3.8) is 0 Å². The zero-order chi connectivity index (χ0) is 19.1. The van der Waals surface area contributed by atoms with Crippen LogP contribution in [0, 0.1) is 6.92 Å². The molecular weight excluding hydrogens is 372 g/mol. The third-order valence-corrected chi connectivity index (χ3v) is 6.12. The summed E-state index contributed by atoms with van der Waals surface area (Å²) in [5, 5.41) is 6.29. The van der Waals surface area contributed by atoms with Crippen LogP contribution in [0.25, 0.3) is 0 Å². The molecule has 1 amide bonds. The maximum atomic E-state index is 12.4. The Morgan fingerprint density at radius 2 is 1.89 bits per heavy atom. The Kier molecular flexibility index (Phi) is 7.07. The number of thioether (sulfide) groups is 1.